The van der Waals surface area contributed by atoms with Crippen molar-refractivity contribution in [3.63, 3.8) is 0 Å². The molecule has 0 spiro atoms. The van der Waals surface area contributed by atoms with Crippen molar-refractivity contribution in [2.45, 2.75) is 31.4 Å². The summed E-state index contributed by atoms with van der Waals surface area (Å²) in [7, 11) is 0. The highest BCUT2D eigenvalue weighted by Crippen LogP contribution is 2.19. The summed E-state index contributed by atoms with van der Waals surface area (Å²) in [5.74, 6) is 0. The zero-order chi connectivity index (χ0) is 5.82. The Balaban J connectivity index is 2.30. The first-order valence-electron chi connectivity index (χ1n) is 3.07. The second kappa shape index (κ2) is 3.13. The van der Waals surface area contributed by atoms with Crippen LogP contribution in [-0.2, 0) is 0 Å². The Morgan fingerprint density at radius 3 is 3.50 bits per heavy atom. The molecule has 0 aliphatic carbocycles. The summed E-state index contributed by atoms with van der Waals surface area (Å²) < 4.78 is 4.14. The van der Waals surface area contributed by atoms with Gasteiger partial charge in [-0.2, -0.15) is 0 Å². The van der Waals surface area contributed by atoms with Gasteiger partial charge in [0.1, 0.15) is 0 Å². The van der Waals surface area contributed by atoms with Crippen LogP contribution in [0.1, 0.15) is 26.2 Å². The van der Waals surface area contributed by atoms with Gasteiger partial charge in [-0.1, -0.05) is 6.92 Å². The Morgan fingerprint density at radius 2 is 2.62 bits per heavy atom. The Labute approximate surface area is 54.7 Å². The molecule has 46 valence electrons. The van der Waals surface area contributed by atoms with Crippen molar-refractivity contribution < 1.29 is 0 Å². The van der Waals surface area contributed by atoms with E-state index in [9.17, 15) is 0 Å². The minimum absolute atomic E-state index is 0.744. The number of hydrogen-bond donors (Lipinski definition) is 0. The van der Waals surface area contributed by atoms with Crippen LogP contribution in [0, 0.1) is 0 Å². The first kappa shape index (κ1) is 6.14. The van der Waals surface area contributed by atoms with Gasteiger partial charge in [0, 0.05) is 11.5 Å². The third kappa shape index (κ3) is 1.86. The summed E-state index contributed by atoms with van der Waals surface area (Å²) >= 11 is 1.71. The molecule has 0 bridgehead atoms. The van der Waals surface area contributed by atoms with Crippen molar-refractivity contribution in [3.05, 3.63) is 0 Å². The molecule has 1 heterocycles. The van der Waals surface area contributed by atoms with Crippen molar-refractivity contribution in [1.29, 1.82) is 0 Å². The van der Waals surface area contributed by atoms with Crippen LogP contribution >= 0.6 is 11.9 Å². The van der Waals surface area contributed by atoms with Gasteiger partial charge in [-0.3, -0.25) is 0 Å². The van der Waals surface area contributed by atoms with Crippen molar-refractivity contribution in [3.8, 4) is 0 Å². The molecule has 2 heteroatoms. The van der Waals surface area contributed by atoms with Gasteiger partial charge in [-0.05, 0) is 31.2 Å². The summed E-state index contributed by atoms with van der Waals surface area (Å²) in [5, 5.41) is 0.744. The molecule has 1 aliphatic rings. The van der Waals surface area contributed by atoms with E-state index in [-0.39, 0.29) is 0 Å². The van der Waals surface area contributed by atoms with Crippen LogP contribution in [0.15, 0.2) is 4.40 Å². The highest BCUT2D eigenvalue weighted by molar-refractivity contribution is 7.98. The average Bonchev–Trinajstić information content (AvgIpc) is 1.94. The summed E-state index contributed by atoms with van der Waals surface area (Å²) in [6, 6.07) is 0. The molecular weight excluding hydrogens is 118 g/mol. The van der Waals surface area contributed by atoms with E-state index in [1.165, 1.54) is 19.3 Å². The largest absolute Gasteiger partial charge is 0.229 e. The normalized spacial score (nSPS) is 29.9. The summed E-state index contributed by atoms with van der Waals surface area (Å²) in [6.45, 7) is 2.23. The molecule has 1 unspecified atom stereocenters. The lowest BCUT2D eigenvalue weighted by molar-refractivity contribution is 0.766. The molecule has 0 aromatic rings. The summed E-state index contributed by atoms with van der Waals surface area (Å²) in [5.41, 5.74) is 0. The SMILES string of the molecule is CC1CCCC=NS1. The maximum absolute atomic E-state index is 4.14. The topological polar surface area (TPSA) is 12.4 Å². The van der Waals surface area contributed by atoms with Crippen LogP contribution in [0.5, 0.6) is 0 Å². The molecule has 1 atom stereocenters. The van der Waals surface area contributed by atoms with E-state index >= 15 is 0 Å². The second-order valence-electron chi connectivity index (χ2n) is 2.13. The van der Waals surface area contributed by atoms with E-state index in [2.05, 4.69) is 11.3 Å². The Hall–Kier alpha value is 0.0200. The van der Waals surface area contributed by atoms with E-state index in [1.54, 1.807) is 11.9 Å². The van der Waals surface area contributed by atoms with Crippen LogP contribution in [0.2, 0.25) is 0 Å². The molecule has 0 saturated heterocycles. The highest BCUT2D eigenvalue weighted by atomic mass is 32.2. The van der Waals surface area contributed by atoms with Crippen LogP contribution in [0.4, 0.5) is 0 Å². The van der Waals surface area contributed by atoms with Gasteiger partial charge in [0.15, 0.2) is 0 Å². The molecule has 0 radical (unpaired) electrons. The van der Waals surface area contributed by atoms with Crippen LogP contribution in [-0.4, -0.2) is 11.5 Å². The van der Waals surface area contributed by atoms with Gasteiger partial charge in [0.2, 0.25) is 0 Å². The fourth-order valence-corrected chi connectivity index (χ4v) is 1.42. The van der Waals surface area contributed by atoms with E-state index < -0.39 is 0 Å². The van der Waals surface area contributed by atoms with Gasteiger partial charge in [0.25, 0.3) is 0 Å². The molecule has 1 aliphatic heterocycles. The third-order valence-corrected chi connectivity index (χ3v) is 2.13. The summed E-state index contributed by atoms with van der Waals surface area (Å²) in [4.78, 5) is 0. The zero-order valence-corrected chi connectivity index (χ0v) is 5.95. The Morgan fingerprint density at radius 1 is 1.75 bits per heavy atom. The number of hydrogen-bond acceptors (Lipinski definition) is 2. The summed E-state index contributed by atoms with van der Waals surface area (Å²) in [6.07, 6.45) is 5.84. The van der Waals surface area contributed by atoms with Crippen molar-refractivity contribution >= 4 is 18.2 Å². The monoisotopic (exact) mass is 129 g/mol. The van der Waals surface area contributed by atoms with Crippen molar-refractivity contribution in [1.82, 2.24) is 0 Å². The van der Waals surface area contributed by atoms with Gasteiger partial charge < -0.3 is 0 Å². The number of rotatable bonds is 0. The predicted molar refractivity (Wildman–Crippen MR) is 39.4 cm³/mol. The molecule has 0 N–H and O–H groups in total. The van der Waals surface area contributed by atoms with Crippen LogP contribution < -0.4 is 0 Å². The molecule has 0 amide bonds. The minimum atomic E-state index is 0.744. The van der Waals surface area contributed by atoms with E-state index in [1.807, 2.05) is 6.21 Å². The molecule has 0 aromatic carbocycles. The quantitative estimate of drug-likeness (QED) is 0.457. The van der Waals surface area contributed by atoms with Gasteiger partial charge in [-0.15, -0.1) is 0 Å². The van der Waals surface area contributed by atoms with Gasteiger partial charge in [-0.25, -0.2) is 4.40 Å². The molecule has 8 heavy (non-hydrogen) atoms. The molecular formula is C6H11NS. The third-order valence-electron chi connectivity index (χ3n) is 1.26. The average molecular weight is 129 g/mol. The fourth-order valence-electron chi connectivity index (χ4n) is 0.749. The maximum Gasteiger partial charge on any atom is 0.0238 e. The van der Waals surface area contributed by atoms with E-state index in [0.29, 0.717) is 0 Å². The highest BCUT2D eigenvalue weighted by Gasteiger charge is 2.02. The lowest BCUT2D eigenvalue weighted by Gasteiger charge is -1.99. The van der Waals surface area contributed by atoms with E-state index in [0.717, 1.165) is 5.25 Å². The molecule has 1 rings (SSSR count). The first-order valence-corrected chi connectivity index (χ1v) is 3.91. The van der Waals surface area contributed by atoms with Crippen molar-refractivity contribution in [2.75, 3.05) is 0 Å². The standard InChI is InChI=1S/C6H11NS/c1-6-4-2-3-5-7-8-6/h5-6H,2-4H2,1H3. The van der Waals surface area contributed by atoms with Crippen LogP contribution in [0.3, 0.4) is 0 Å². The molecule has 1 nitrogen and oxygen atoms in total. The minimum Gasteiger partial charge on any atom is -0.229 e. The molecule has 0 aromatic heterocycles. The molecule has 0 saturated carbocycles. The van der Waals surface area contributed by atoms with E-state index in [4.69, 9.17) is 0 Å². The van der Waals surface area contributed by atoms with Gasteiger partial charge in [0.05, 0.1) is 0 Å². The Bertz CT molecular complexity index is 90.5. The van der Waals surface area contributed by atoms with Gasteiger partial charge >= 0.3 is 0 Å². The maximum atomic E-state index is 4.14. The second-order valence-corrected chi connectivity index (χ2v) is 3.36. The molecule has 0 fully saturated rings. The Kier molecular flexibility index (Phi) is 2.40. The van der Waals surface area contributed by atoms with Crippen LogP contribution in [0.25, 0.3) is 0 Å². The smallest absolute Gasteiger partial charge is 0.0238 e. The van der Waals surface area contributed by atoms with Crippen molar-refractivity contribution in [2.24, 2.45) is 4.40 Å². The lowest BCUT2D eigenvalue weighted by Crippen LogP contribution is -1.90. The zero-order valence-electron chi connectivity index (χ0n) is 5.13. The number of nitrogens with zero attached hydrogens (tertiary/aromatic N) is 1. The lowest BCUT2D eigenvalue weighted by atomic mass is 10.2. The fraction of sp³-hybridized carbons (Fsp3) is 0.833. The predicted octanol–water partition coefficient (Wildman–Crippen LogP) is 2.28. The first-order chi connectivity index (χ1) is 3.89.